The lowest BCUT2D eigenvalue weighted by molar-refractivity contribution is -0.138. The monoisotopic (exact) mass is 316 g/mol. The van der Waals surface area contributed by atoms with E-state index in [1.54, 1.807) is 6.92 Å². The highest BCUT2D eigenvalue weighted by Crippen LogP contribution is 2.21. The second-order valence-electron chi connectivity index (χ2n) is 4.72. The lowest BCUT2D eigenvalue weighted by Gasteiger charge is -2.15. The Morgan fingerprint density at radius 1 is 1.48 bits per heavy atom. The van der Waals surface area contributed by atoms with Crippen LogP contribution >= 0.6 is 11.9 Å². The molecular weight excluding hydrogens is 296 g/mol. The van der Waals surface area contributed by atoms with Gasteiger partial charge in [0.15, 0.2) is 0 Å². The van der Waals surface area contributed by atoms with Crippen molar-refractivity contribution in [3.63, 3.8) is 0 Å². The number of hydrogen-bond acceptors (Lipinski definition) is 6. The van der Waals surface area contributed by atoms with Crippen LogP contribution in [0, 0.1) is 0 Å². The molecule has 1 aliphatic heterocycles. The van der Waals surface area contributed by atoms with Gasteiger partial charge in [0.2, 0.25) is 23.6 Å². The lowest BCUT2D eigenvalue weighted by atomic mass is 10.2. The summed E-state index contributed by atoms with van der Waals surface area (Å²) in [5.41, 5.74) is 0. The molecule has 1 unspecified atom stereocenters. The van der Waals surface area contributed by atoms with Gasteiger partial charge >= 0.3 is 0 Å². The first-order valence-electron chi connectivity index (χ1n) is 6.61. The summed E-state index contributed by atoms with van der Waals surface area (Å²) in [6.45, 7) is 1.77. The van der Waals surface area contributed by atoms with Gasteiger partial charge in [-0.3, -0.25) is 29.2 Å². The molecule has 0 aromatic carbocycles. The van der Waals surface area contributed by atoms with Crippen molar-refractivity contribution in [3.05, 3.63) is 0 Å². The quantitative estimate of drug-likeness (QED) is 0.399. The summed E-state index contributed by atoms with van der Waals surface area (Å²) >= 11 is 0.866. The lowest BCUT2D eigenvalue weighted by Crippen LogP contribution is -2.43. The van der Waals surface area contributed by atoms with Crippen LogP contribution in [0.1, 0.15) is 26.2 Å². The molecule has 0 bridgehead atoms. The first-order valence-corrected chi connectivity index (χ1v) is 7.55. The molecule has 4 N–H and O–H groups in total. The molecule has 118 valence electrons. The van der Waals surface area contributed by atoms with Crippen molar-refractivity contribution in [3.8, 4) is 0 Å². The molecule has 1 saturated heterocycles. The standard InChI is InChI=1S/C12H20N4O4S/c1-7(11(19)14-2)15-9(17)4-3-5-16-10(18)6-8(21-13)12(16)20/h7-8H,3-6,13H2,1-2H3,(H,14,19)(H,15,17)/t7-,8?/m0/s1. The zero-order valence-electron chi connectivity index (χ0n) is 12.0. The Kier molecular flexibility index (Phi) is 6.63. The van der Waals surface area contributed by atoms with Gasteiger partial charge < -0.3 is 10.6 Å². The minimum Gasteiger partial charge on any atom is -0.357 e. The van der Waals surface area contributed by atoms with Crippen molar-refractivity contribution < 1.29 is 19.2 Å². The van der Waals surface area contributed by atoms with E-state index in [9.17, 15) is 19.2 Å². The number of likely N-dealkylation sites (N-methyl/N-ethyl adjacent to an activating group) is 1. The average Bonchev–Trinajstić information content (AvgIpc) is 2.73. The van der Waals surface area contributed by atoms with Gasteiger partial charge in [-0.25, -0.2) is 0 Å². The van der Waals surface area contributed by atoms with E-state index in [-0.39, 0.29) is 43.0 Å². The largest absolute Gasteiger partial charge is 0.357 e. The van der Waals surface area contributed by atoms with E-state index in [0.717, 1.165) is 16.8 Å². The van der Waals surface area contributed by atoms with Gasteiger partial charge in [-0.15, -0.1) is 0 Å². The molecule has 0 radical (unpaired) electrons. The molecule has 8 nitrogen and oxygen atoms in total. The maximum atomic E-state index is 11.8. The third-order valence-electron chi connectivity index (χ3n) is 3.17. The van der Waals surface area contributed by atoms with Crippen LogP contribution in [0.5, 0.6) is 0 Å². The van der Waals surface area contributed by atoms with E-state index >= 15 is 0 Å². The molecular formula is C12H20N4O4S. The minimum atomic E-state index is -0.615. The summed E-state index contributed by atoms with van der Waals surface area (Å²) in [4.78, 5) is 47.4. The van der Waals surface area contributed by atoms with Crippen LogP contribution in [0.3, 0.4) is 0 Å². The maximum Gasteiger partial charge on any atom is 0.244 e. The Morgan fingerprint density at radius 2 is 2.14 bits per heavy atom. The summed E-state index contributed by atoms with van der Waals surface area (Å²) < 4.78 is 0. The van der Waals surface area contributed by atoms with Crippen molar-refractivity contribution in [2.45, 2.75) is 37.5 Å². The highest BCUT2D eigenvalue weighted by molar-refractivity contribution is 7.98. The molecule has 0 spiro atoms. The van der Waals surface area contributed by atoms with E-state index in [2.05, 4.69) is 10.6 Å². The fourth-order valence-corrected chi connectivity index (χ4v) is 2.47. The van der Waals surface area contributed by atoms with Crippen LogP contribution in [0.4, 0.5) is 0 Å². The Bertz CT molecular complexity index is 443. The SMILES string of the molecule is CNC(=O)[C@H](C)NC(=O)CCCN1C(=O)CC(SN)C1=O. The fourth-order valence-electron chi connectivity index (χ4n) is 1.99. The van der Waals surface area contributed by atoms with Crippen LogP contribution in [-0.2, 0) is 19.2 Å². The van der Waals surface area contributed by atoms with Crippen molar-refractivity contribution in [1.82, 2.24) is 15.5 Å². The number of imide groups is 1. The summed E-state index contributed by atoms with van der Waals surface area (Å²) in [6, 6.07) is -0.615. The number of carbonyl (C=O) groups excluding carboxylic acids is 4. The molecule has 1 heterocycles. The van der Waals surface area contributed by atoms with Gasteiger partial charge in [-0.1, -0.05) is 11.9 Å². The van der Waals surface area contributed by atoms with E-state index in [4.69, 9.17) is 5.14 Å². The maximum absolute atomic E-state index is 11.8. The number of nitrogens with zero attached hydrogens (tertiary/aromatic N) is 1. The van der Waals surface area contributed by atoms with Gasteiger partial charge in [0.1, 0.15) is 11.3 Å². The van der Waals surface area contributed by atoms with Crippen LogP contribution in [-0.4, -0.2) is 53.4 Å². The molecule has 1 rings (SSSR count). The van der Waals surface area contributed by atoms with Gasteiger partial charge in [0, 0.05) is 26.4 Å². The Morgan fingerprint density at radius 3 is 2.67 bits per heavy atom. The Labute approximate surface area is 127 Å². The second kappa shape index (κ2) is 7.99. The molecule has 1 fully saturated rings. The number of nitrogens with one attached hydrogen (secondary N) is 2. The third-order valence-corrected chi connectivity index (χ3v) is 3.87. The minimum absolute atomic E-state index is 0.111. The summed E-state index contributed by atoms with van der Waals surface area (Å²) in [5, 5.41) is 9.79. The van der Waals surface area contributed by atoms with Crippen LogP contribution in [0.15, 0.2) is 0 Å². The van der Waals surface area contributed by atoms with E-state index < -0.39 is 11.3 Å². The summed E-state index contributed by atoms with van der Waals surface area (Å²) in [5.74, 6) is -1.14. The molecule has 21 heavy (non-hydrogen) atoms. The predicted octanol–water partition coefficient (Wildman–Crippen LogP) is -1.25. The number of nitrogens with two attached hydrogens (primary N) is 1. The van der Waals surface area contributed by atoms with Crippen LogP contribution in [0.2, 0.25) is 0 Å². The van der Waals surface area contributed by atoms with Crippen LogP contribution < -0.4 is 15.8 Å². The van der Waals surface area contributed by atoms with Crippen molar-refractivity contribution >= 4 is 35.6 Å². The van der Waals surface area contributed by atoms with Crippen molar-refractivity contribution in [2.24, 2.45) is 5.14 Å². The molecule has 0 aromatic rings. The highest BCUT2D eigenvalue weighted by atomic mass is 32.2. The normalized spacial score (nSPS) is 19.6. The van der Waals surface area contributed by atoms with Crippen LogP contribution in [0.25, 0.3) is 0 Å². The first-order chi connectivity index (χ1) is 9.90. The molecule has 9 heteroatoms. The Balaban J connectivity index is 2.33. The summed E-state index contributed by atoms with van der Waals surface area (Å²) in [7, 11) is 1.49. The molecule has 0 aromatic heterocycles. The average molecular weight is 316 g/mol. The van der Waals surface area contributed by atoms with Gasteiger partial charge in [-0.2, -0.15) is 0 Å². The first kappa shape index (κ1) is 17.4. The molecule has 2 atom stereocenters. The highest BCUT2D eigenvalue weighted by Gasteiger charge is 2.37. The van der Waals surface area contributed by atoms with E-state index in [0.29, 0.717) is 6.42 Å². The number of hydrogen-bond donors (Lipinski definition) is 3. The molecule has 0 saturated carbocycles. The van der Waals surface area contributed by atoms with E-state index in [1.807, 2.05) is 0 Å². The number of likely N-dealkylation sites (tertiary alicyclic amines) is 1. The predicted molar refractivity (Wildman–Crippen MR) is 77.8 cm³/mol. The molecule has 1 aliphatic rings. The number of carbonyl (C=O) groups is 4. The third kappa shape index (κ3) is 4.71. The Hall–Kier alpha value is -1.61. The summed E-state index contributed by atoms with van der Waals surface area (Å²) in [6.07, 6.45) is 0.602. The number of amides is 4. The smallest absolute Gasteiger partial charge is 0.244 e. The molecule has 0 aliphatic carbocycles. The van der Waals surface area contributed by atoms with Gasteiger partial charge in [-0.05, 0) is 13.3 Å². The van der Waals surface area contributed by atoms with E-state index in [1.165, 1.54) is 7.05 Å². The van der Waals surface area contributed by atoms with Crippen molar-refractivity contribution in [1.29, 1.82) is 0 Å². The molecule has 4 amide bonds. The fraction of sp³-hybridized carbons (Fsp3) is 0.667. The zero-order chi connectivity index (χ0) is 16.0. The zero-order valence-corrected chi connectivity index (χ0v) is 12.9. The second-order valence-corrected chi connectivity index (χ2v) is 5.56. The van der Waals surface area contributed by atoms with Gasteiger partial charge in [0.25, 0.3) is 0 Å². The van der Waals surface area contributed by atoms with Gasteiger partial charge in [0.05, 0.1) is 0 Å². The topological polar surface area (TPSA) is 122 Å². The van der Waals surface area contributed by atoms with Crippen molar-refractivity contribution in [2.75, 3.05) is 13.6 Å². The number of rotatable bonds is 7.